The lowest BCUT2D eigenvalue weighted by Gasteiger charge is -2.18. The van der Waals surface area contributed by atoms with Crippen LogP contribution in [0.3, 0.4) is 0 Å². The van der Waals surface area contributed by atoms with Crippen molar-refractivity contribution in [1.82, 2.24) is 9.97 Å². The quantitative estimate of drug-likeness (QED) is 0.145. The van der Waals surface area contributed by atoms with E-state index in [0.29, 0.717) is 0 Å². The van der Waals surface area contributed by atoms with Crippen LogP contribution in [-0.2, 0) is 0 Å². The van der Waals surface area contributed by atoms with Gasteiger partial charge in [-0.3, -0.25) is 0 Å². The van der Waals surface area contributed by atoms with Crippen LogP contribution in [0.5, 0.6) is 0 Å². The van der Waals surface area contributed by atoms with Crippen LogP contribution in [0.15, 0.2) is 158 Å². The fourth-order valence-corrected chi connectivity index (χ4v) is 8.51. The molecule has 0 saturated carbocycles. The summed E-state index contributed by atoms with van der Waals surface area (Å²) in [4.78, 5) is 7.60. The van der Waals surface area contributed by atoms with Gasteiger partial charge in [0.1, 0.15) is 0 Å². The molecule has 0 radical (unpaired) electrons. The zero-order valence-electron chi connectivity index (χ0n) is 26.0. The zero-order chi connectivity index (χ0) is 31.3. The fourth-order valence-electron chi connectivity index (χ4n) is 8.51. The second kappa shape index (κ2) is 9.57. The predicted molar refractivity (Wildman–Crippen MR) is 206 cm³/mol. The fraction of sp³-hybridized carbons (Fsp3) is 0. The van der Waals surface area contributed by atoms with Crippen molar-refractivity contribution < 1.29 is 0 Å². The van der Waals surface area contributed by atoms with Crippen molar-refractivity contribution >= 4 is 86.7 Å². The molecule has 2 aromatic heterocycles. The minimum Gasteiger partial charge on any atom is -0.354 e. The number of para-hydroxylation sites is 2. The van der Waals surface area contributed by atoms with Crippen LogP contribution in [-0.4, -0.2) is 9.97 Å². The molecule has 222 valence electrons. The molecule has 2 heteroatoms. The third-order valence-corrected chi connectivity index (χ3v) is 10.5. The van der Waals surface area contributed by atoms with Gasteiger partial charge in [0.25, 0.3) is 0 Å². The van der Waals surface area contributed by atoms with Gasteiger partial charge in [-0.2, -0.15) is 0 Å². The second-order valence-corrected chi connectivity index (χ2v) is 13.0. The smallest absolute Gasteiger partial charge is 0.0551 e. The molecule has 0 fully saturated rings. The first-order valence-electron chi connectivity index (χ1n) is 16.6. The van der Waals surface area contributed by atoms with Gasteiger partial charge in [0.2, 0.25) is 0 Å². The maximum absolute atomic E-state index is 3.82. The highest BCUT2D eigenvalue weighted by Crippen LogP contribution is 2.47. The minimum atomic E-state index is 1.16. The van der Waals surface area contributed by atoms with Crippen LogP contribution in [0.2, 0.25) is 0 Å². The highest BCUT2D eigenvalue weighted by molar-refractivity contribution is 6.32. The minimum absolute atomic E-state index is 1.16. The number of hydrogen-bond acceptors (Lipinski definition) is 0. The number of benzene rings is 9. The van der Waals surface area contributed by atoms with E-state index in [1.807, 2.05) is 0 Å². The third-order valence-electron chi connectivity index (χ3n) is 10.5. The summed E-state index contributed by atoms with van der Waals surface area (Å²) in [6.45, 7) is 0. The molecule has 0 aliphatic heterocycles. The molecule has 11 rings (SSSR count). The first-order valence-corrected chi connectivity index (χ1v) is 16.6. The molecular formula is C46H28N2. The number of fused-ring (bicyclic) bond motifs is 13. The molecule has 48 heavy (non-hydrogen) atoms. The molecule has 9 aromatic carbocycles. The molecule has 0 bridgehead atoms. The van der Waals surface area contributed by atoms with Crippen molar-refractivity contribution in [2.75, 3.05) is 0 Å². The number of aromatic nitrogens is 2. The van der Waals surface area contributed by atoms with E-state index in [0.717, 1.165) is 11.0 Å². The van der Waals surface area contributed by atoms with Crippen molar-refractivity contribution in [3.63, 3.8) is 0 Å². The summed E-state index contributed by atoms with van der Waals surface area (Å²) in [5, 5.41) is 15.2. The Hall–Kier alpha value is -6.38. The summed E-state index contributed by atoms with van der Waals surface area (Å²) in [7, 11) is 0. The molecule has 0 aliphatic carbocycles. The van der Waals surface area contributed by atoms with Crippen LogP contribution in [0, 0.1) is 0 Å². The van der Waals surface area contributed by atoms with E-state index in [-0.39, 0.29) is 0 Å². The Kier molecular flexibility index (Phi) is 5.14. The summed E-state index contributed by atoms with van der Waals surface area (Å²) in [5.41, 5.74) is 9.71. The predicted octanol–water partition coefficient (Wildman–Crippen LogP) is 12.9. The van der Waals surface area contributed by atoms with Gasteiger partial charge < -0.3 is 9.97 Å². The lowest BCUT2D eigenvalue weighted by Crippen LogP contribution is -1.91. The Morgan fingerprint density at radius 3 is 1.48 bits per heavy atom. The van der Waals surface area contributed by atoms with Crippen LogP contribution < -0.4 is 0 Å². The van der Waals surface area contributed by atoms with Gasteiger partial charge in [-0.15, -0.1) is 0 Å². The Labute approximate surface area is 275 Å². The maximum Gasteiger partial charge on any atom is 0.0551 e. The Bertz CT molecular complexity index is 3060. The van der Waals surface area contributed by atoms with E-state index in [4.69, 9.17) is 0 Å². The van der Waals surface area contributed by atoms with Gasteiger partial charge in [0.15, 0.2) is 0 Å². The van der Waals surface area contributed by atoms with Crippen molar-refractivity contribution in [3.05, 3.63) is 158 Å². The molecule has 0 saturated heterocycles. The lowest BCUT2D eigenvalue weighted by atomic mass is 9.85. The number of hydrogen-bond donors (Lipinski definition) is 2. The molecule has 0 spiro atoms. The van der Waals surface area contributed by atoms with E-state index in [1.165, 1.54) is 97.9 Å². The summed E-state index contributed by atoms with van der Waals surface area (Å²) in [5.74, 6) is 0. The van der Waals surface area contributed by atoms with Crippen molar-refractivity contribution in [3.8, 4) is 22.3 Å². The van der Waals surface area contributed by atoms with Crippen molar-refractivity contribution in [2.45, 2.75) is 0 Å². The molecule has 2 N–H and O–H groups in total. The molecule has 0 aliphatic rings. The topological polar surface area (TPSA) is 31.6 Å². The summed E-state index contributed by atoms with van der Waals surface area (Å²) in [6.07, 6.45) is 0. The molecule has 11 aromatic rings. The highest BCUT2D eigenvalue weighted by Gasteiger charge is 2.20. The SMILES string of the molecule is c1ccc2c(c1)[nH]c1c(-c3c4ccccc4c(-c4ccc5[nH]c6c7ccccc7c7ccccc7c6c5c4)c4ccccc34)cccc12. The third kappa shape index (κ3) is 3.41. The van der Waals surface area contributed by atoms with Crippen molar-refractivity contribution in [1.29, 1.82) is 0 Å². The second-order valence-electron chi connectivity index (χ2n) is 13.0. The van der Waals surface area contributed by atoms with Gasteiger partial charge in [-0.1, -0.05) is 140 Å². The molecule has 0 atom stereocenters. The van der Waals surface area contributed by atoms with Gasteiger partial charge in [0, 0.05) is 43.5 Å². The van der Waals surface area contributed by atoms with Crippen LogP contribution >= 0.6 is 0 Å². The highest BCUT2D eigenvalue weighted by atomic mass is 14.7. The van der Waals surface area contributed by atoms with E-state index in [9.17, 15) is 0 Å². The lowest BCUT2D eigenvalue weighted by molar-refractivity contribution is 1.54. The van der Waals surface area contributed by atoms with Gasteiger partial charge >= 0.3 is 0 Å². The largest absolute Gasteiger partial charge is 0.354 e. The maximum atomic E-state index is 3.82. The van der Waals surface area contributed by atoms with E-state index in [1.54, 1.807) is 0 Å². The molecule has 0 amide bonds. The molecular weight excluding hydrogens is 581 g/mol. The van der Waals surface area contributed by atoms with Gasteiger partial charge in [-0.05, 0) is 72.6 Å². The number of aromatic amines is 2. The monoisotopic (exact) mass is 608 g/mol. The van der Waals surface area contributed by atoms with Gasteiger partial charge in [0.05, 0.1) is 11.0 Å². The number of rotatable bonds is 2. The first-order chi connectivity index (χ1) is 23.8. The van der Waals surface area contributed by atoms with E-state index < -0.39 is 0 Å². The molecule has 2 heterocycles. The zero-order valence-corrected chi connectivity index (χ0v) is 26.0. The first kappa shape index (κ1) is 25.8. The standard InChI is InChI=1S/C46H28N2/c1-3-15-31-28(12-1)29-13-2-8-20-36(29)46-44(31)39-26-27(24-25-41(39)48-46)42-32-16-4-6-18-34(32)43(35-19-7-5-17-33(35)42)38-22-11-21-37-30-14-9-10-23-40(30)47-45(37)38/h1-26,47-48H. The van der Waals surface area contributed by atoms with E-state index in [2.05, 4.69) is 168 Å². The average molecular weight is 609 g/mol. The summed E-state index contributed by atoms with van der Waals surface area (Å²) in [6, 6.07) is 57.8. The van der Waals surface area contributed by atoms with Crippen molar-refractivity contribution in [2.24, 2.45) is 0 Å². The van der Waals surface area contributed by atoms with E-state index >= 15 is 0 Å². The normalized spacial score (nSPS) is 12.2. The van der Waals surface area contributed by atoms with Crippen LogP contribution in [0.25, 0.3) is 109 Å². The van der Waals surface area contributed by atoms with Gasteiger partial charge in [-0.25, -0.2) is 0 Å². The average Bonchev–Trinajstić information content (AvgIpc) is 3.73. The van der Waals surface area contributed by atoms with Crippen LogP contribution in [0.1, 0.15) is 0 Å². The van der Waals surface area contributed by atoms with Crippen LogP contribution in [0.4, 0.5) is 0 Å². The number of H-pyrrole nitrogens is 2. The molecule has 0 unspecified atom stereocenters. The molecule has 2 nitrogen and oxygen atoms in total. The number of nitrogens with one attached hydrogen (secondary N) is 2. The Morgan fingerprint density at radius 2 is 0.771 bits per heavy atom. The Balaban J connectivity index is 1.26. The Morgan fingerprint density at radius 1 is 0.292 bits per heavy atom. The summed E-state index contributed by atoms with van der Waals surface area (Å²) < 4.78 is 0. The summed E-state index contributed by atoms with van der Waals surface area (Å²) >= 11 is 0.